The van der Waals surface area contributed by atoms with Gasteiger partial charge >= 0.3 is 6.09 Å². The molecule has 436 valence electrons. The molecule has 1 N–H and O–H groups in total. The van der Waals surface area contributed by atoms with E-state index in [4.69, 9.17) is 10.00 Å². The van der Waals surface area contributed by atoms with E-state index in [9.17, 15) is 43.2 Å². The number of amides is 1. The number of carbonyl (C=O) groups is 9. The molecular formula is C56H85N11O10S2. The smallest absolute Gasteiger partial charge is 0.409 e. The van der Waals surface area contributed by atoms with Crippen molar-refractivity contribution in [3.63, 3.8) is 0 Å². The van der Waals surface area contributed by atoms with E-state index < -0.39 is 0 Å². The Kier molecular flexibility index (Phi) is 39.6. The van der Waals surface area contributed by atoms with Crippen LogP contribution < -0.4 is 5.43 Å². The Morgan fingerprint density at radius 3 is 1.49 bits per heavy atom. The van der Waals surface area contributed by atoms with Crippen LogP contribution in [0.5, 0.6) is 0 Å². The molecule has 1 amide bonds. The third kappa shape index (κ3) is 38.2. The maximum absolute atomic E-state index is 10.9. The Morgan fingerprint density at radius 2 is 1.32 bits per heavy atom. The fraction of sp³-hybridized carbons (Fsp3) is 0.536. The van der Waals surface area contributed by atoms with E-state index in [1.165, 1.54) is 51.8 Å². The van der Waals surface area contributed by atoms with Crippen LogP contribution in [0.15, 0.2) is 75.7 Å². The first kappa shape index (κ1) is 76.2. The van der Waals surface area contributed by atoms with Crippen LogP contribution in [-0.4, -0.2) is 145 Å². The Bertz CT molecular complexity index is 2600. The number of cyclic esters (lactones) is 1. The largest absolute Gasteiger partial charge is 0.445 e. The van der Waals surface area contributed by atoms with Gasteiger partial charge in [0, 0.05) is 93.5 Å². The van der Waals surface area contributed by atoms with E-state index in [-0.39, 0.29) is 82.3 Å². The van der Waals surface area contributed by atoms with Crippen LogP contribution in [0.4, 0.5) is 4.79 Å². The lowest BCUT2D eigenvalue weighted by atomic mass is 9.98. The molecule has 21 nitrogen and oxygen atoms in total. The van der Waals surface area contributed by atoms with Crippen molar-refractivity contribution in [2.45, 2.75) is 169 Å². The van der Waals surface area contributed by atoms with E-state index in [0.29, 0.717) is 41.9 Å². The van der Waals surface area contributed by atoms with Crippen molar-refractivity contribution < 1.29 is 47.9 Å². The molecule has 3 atom stereocenters. The Labute approximate surface area is 475 Å². The lowest BCUT2D eigenvalue weighted by molar-refractivity contribution is -0.134. The van der Waals surface area contributed by atoms with Gasteiger partial charge in [-0.2, -0.15) is 15.4 Å². The number of thioether (sulfide) groups is 1. The van der Waals surface area contributed by atoms with Crippen LogP contribution in [-0.2, 0) is 38.3 Å². The predicted octanol–water partition coefficient (Wildman–Crippen LogP) is 9.78. The molecule has 6 aliphatic rings. The number of hydrogen-bond acceptors (Lipinski definition) is 20. The summed E-state index contributed by atoms with van der Waals surface area (Å²) < 4.78 is 14.5. The molecule has 1 aromatic rings. The maximum atomic E-state index is 10.9. The van der Waals surface area contributed by atoms with Crippen LogP contribution >= 0.6 is 22.6 Å². The Morgan fingerprint density at radius 1 is 0.823 bits per heavy atom. The monoisotopic (exact) mass is 1140 g/mol. The van der Waals surface area contributed by atoms with Gasteiger partial charge in [0.2, 0.25) is 12.1 Å². The summed E-state index contributed by atoms with van der Waals surface area (Å²) in [6, 6.07) is 2.48. The third-order valence-corrected chi connectivity index (χ3v) is 12.5. The van der Waals surface area contributed by atoms with E-state index in [2.05, 4.69) is 65.6 Å². The summed E-state index contributed by atoms with van der Waals surface area (Å²) in [6.45, 7) is 38.4. The first-order valence-electron chi connectivity index (χ1n) is 25.1. The number of Topliss-reactive ketones (excluding diaryl/α,β-unsaturated/α-hetero) is 7. The van der Waals surface area contributed by atoms with Gasteiger partial charge in [-0.15, -0.1) is 11.8 Å². The van der Waals surface area contributed by atoms with Crippen molar-refractivity contribution in [3.05, 3.63) is 47.4 Å². The number of aliphatic imine (C=N–C) groups is 4. The number of aromatic nitrogens is 1. The highest BCUT2D eigenvalue weighted by atomic mass is 32.2. The summed E-state index contributed by atoms with van der Waals surface area (Å²) in [5.74, 6) is 4.44. The number of nitriles is 1. The minimum Gasteiger partial charge on any atom is -0.445 e. The summed E-state index contributed by atoms with van der Waals surface area (Å²) in [5.41, 5.74) is 11.7. The van der Waals surface area contributed by atoms with Crippen LogP contribution in [0, 0.1) is 24.3 Å². The number of rotatable bonds is 4. The molecule has 7 rings (SSSR count). The molecule has 1 fully saturated rings. The lowest BCUT2D eigenvalue weighted by Gasteiger charge is -2.19. The van der Waals surface area contributed by atoms with Crippen molar-refractivity contribution in [2.75, 3.05) is 26.0 Å². The number of hydrazone groups is 1. The van der Waals surface area contributed by atoms with Crippen molar-refractivity contribution in [1.29, 1.82) is 5.26 Å². The zero-order chi connectivity index (χ0) is 61.9. The fourth-order valence-corrected chi connectivity index (χ4v) is 7.35. The molecule has 6 heterocycles. The summed E-state index contributed by atoms with van der Waals surface area (Å²) >= 11 is 1.87. The number of likely N-dealkylation sites (N-methyl/N-ethyl adjacent to an activating group) is 1. The second kappa shape index (κ2) is 41.1. The number of ether oxygens (including phenoxy) is 1. The summed E-state index contributed by atoms with van der Waals surface area (Å²) in [6.07, 6.45) is 7.23. The molecule has 0 bridgehead atoms. The number of carbonyl (C=O) groups excluding carboxylic acids is 9. The first-order valence-corrected chi connectivity index (χ1v) is 27.3. The molecule has 0 radical (unpaired) electrons. The molecule has 1 saturated heterocycles. The highest BCUT2D eigenvalue weighted by Gasteiger charge is 2.24. The standard InChI is InChI=1S/C8H12N2O.C7H9NO.C7H8O2.C6H11NS.C5H8N2S.C5H8N2.C5H9NO2.C5H8O2.C4H6N2.C4H6O2/c1-5-4-8(7(3)11)10-9-6(5)2;1-6-3-4-8(5-6)7(2)9;1-4-5(2)7(9)3-6(4)8;1-5-3-4-8-6(2)7-5;1-4-5(2)7-8(3)6-4;1-4-5(2)7-3-6-4;1-4-3-6(2)5(7)8-4;1-4(6)3-5(2)7;1-4(2)6-3-5;1-3(5)4(2)6/h5,9H,2,4H2,1,3H3;3-5H,1-2H3;3H2,1-2H3;5H,3-4H2,1-2H3;3H2,1-2H3;3H2,1-2H3;4H,3H2,1-2H3;3H2,1-2H3;2*1-2H3. The van der Waals surface area contributed by atoms with Gasteiger partial charge in [-0.3, -0.25) is 63.3 Å². The van der Waals surface area contributed by atoms with Crippen LogP contribution in [0.2, 0.25) is 0 Å². The second-order valence-electron chi connectivity index (χ2n) is 18.6. The molecule has 23 heteroatoms. The van der Waals surface area contributed by atoms with E-state index in [1.807, 2.05) is 72.5 Å². The second-order valence-corrected chi connectivity index (χ2v) is 21.0. The SMILES string of the molecule is C=C1NN=C(C(C)=O)CC1C.C=S1N=C(C)C(C)=N1.CC(=O)C(C)=O.CC(=O)CC(C)=O.CC(=O)n1ccc(C)c1.CC(C)=NC#N.CC1=C(C)C(=O)CC1=O.CC1=NC(C)CCS1.CC1=NCN=C1C.CC1CN(C)C(=O)O1. The summed E-state index contributed by atoms with van der Waals surface area (Å²) in [4.78, 5) is 110. The zero-order valence-electron chi connectivity index (χ0n) is 50.2. The van der Waals surface area contributed by atoms with Crippen molar-refractivity contribution >= 4 is 120 Å². The minimum atomic E-state index is -0.380. The van der Waals surface area contributed by atoms with Crippen LogP contribution in [0.25, 0.3) is 0 Å². The molecule has 5 aliphatic heterocycles. The highest BCUT2D eigenvalue weighted by molar-refractivity contribution is 8.13. The maximum Gasteiger partial charge on any atom is 0.409 e. The minimum absolute atomic E-state index is 0.0162. The molecule has 0 spiro atoms. The molecule has 79 heavy (non-hydrogen) atoms. The molecule has 0 saturated carbocycles. The van der Waals surface area contributed by atoms with E-state index >= 15 is 0 Å². The van der Waals surface area contributed by atoms with E-state index in [0.717, 1.165) is 46.4 Å². The highest BCUT2D eigenvalue weighted by Crippen LogP contribution is 2.20. The number of aryl methyl sites for hydroxylation is 1. The summed E-state index contributed by atoms with van der Waals surface area (Å²) in [5, 5.41) is 12.9. The average molecular weight is 1140 g/mol. The lowest BCUT2D eigenvalue weighted by Crippen LogP contribution is -2.27. The average Bonchev–Trinajstić information content (AvgIpc) is 4.14. The fourth-order valence-electron chi connectivity index (χ4n) is 5.40. The molecule has 0 aromatic carbocycles. The summed E-state index contributed by atoms with van der Waals surface area (Å²) in [7, 11) is 1.42. The third-order valence-electron chi connectivity index (χ3n) is 10.6. The number of nitrogens with zero attached hydrogens (tertiary/aromatic N) is 10. The van der Waals surface area contributed by atoms with Gasteiger partial charge in [0.05, 0.1) is 47.3 Å². The van der Waals surface area contributed by atoms with Gasteiger partial charge in [-0.05, 0) is 132 Å². The molecule has 1 aliphatic carbocycles. The predicted molar refractivity (Wildman–Crippen MR) is 325 cm³/mol. The van der Waals surface area contributed by atoms with E-state index in [1.54, 1.807) is 63.5 Å². The molecule has 1 aromatic heterocycles. The van der Waals surface area contributed by atoms with Gasteiger partial charge in [0.15, 0.2) is 28.9 Å². The van der Waals surface area contributed by atoms with Gasteiger partial charge in [0.25, 0.3) is 0 Å². The number of ketones is 7. The van der Waals surface area contributed by atoms with Gasteiger partial charge in [-0.1, -0.05) is 13.5 Å². The van der Waals surface area contributed by atoms with Crippen molar-refractivity contribution in [1.82, 2.24) is 14.9 Å². The van der Waals surface area contributed by atoms with Gasteiger partial charge < -0.3 is 9.64 Å². The van der Waals surface area contributed by atoms with Crippen molar-refractivity contribution in [3.8, 4) is 6.19 Å². The quantitative estimate of drug-likeness (QED) is 0.0966. The molecule has 3 unspecified atom stereocenters. The zero-order valence-corrected chi connectivity index (χ0v) is 51.8. The van der Waals surface area contributed by atoms with Crippen LogP contribution in [0.3, 0.4) is 0 Å². The normalized spacial score (nSPS) is 18.2. The molecular weight excluding hydrogens is 1050 g/mol. The topological polar surface area (TPSA) is 293 Å². The van der Waals surface area contributed by atoms with Gasteiger partial charge in [-0.25, -0.2) is 13.6 Å². The first-order chi connectivity index (χ1) is 36.5. The Hall–Kier alpha value is -7.06. The van der Waals surface area contributed by atoms with Crippen LogP contribution in [0.1, 0.15) is 161 Å². The number of nitrogens with one attached hydrogen (secondary N) is 1. The Balaban J connectivity index is -0.000000817. The number of allylic oxidation sites excluding steroid dienone is 3. The van der Waals surface area contributed by atoms with Crippen molar-refractivity contribution in [2.24, 2.45) is 39.8 Å². The van der Waals surface area contributed by atoms with Gasteiger partial charge in [0.1, 0.15) is 30.1 Å². The number of hydrogen-bond donors (Lipinski definition) is 1.